The molecule has 0 aromatic carbocycles. The molecular weight excluding hydrogens is 244 g/mol. The Hall–Kier alpha value is -2.02. The highest BCUT2D eigenvalue weighted by Gasteiger charge is 2.09. The highest BCUT2D eigenvalue weighted by molar-refractivity contribution is 6.30. The van der Waals surface area contributed by atoms with Gasteiger partial charge in [-0.05, 0) is 22.6 Å². The first-order valence-electron chi connectivity index (χ1n) is 4.78. The molecule has 0 bridgehead atoms. The van der Waals surface area contributed by atoms with Crippen molar-refractivity contribution in [1.29, 1.82) is 0 Å². The smallest absolute Gasteiger partial charge is 0.233 e. The quantitative estimate of drug-likeness (QED) is 0.857. The average Bonchev–Trinajstić information content (AvgIpc) is 2.64. The molecule has 0 fully saturated rings. The summed E-state index contributed by atoms with van der Waals surface area (Å²) in [5.41, 5.74) is 0. The predicted molar refractivity (Wildman–Crippen MR) is 60.4 cm³/mol. The Balaban J connectivity index is 2.01. The molecule has 2 heterocycles. The van der Waals surface area contributed by atoms with Gasteiger partial charge in [0.1, 0.15) is 5.82 Å². The minimum Gasteiger partial charge on any atom is -0.310 e. The van der Waals surface area contributed by atoms with E-state index in [0.717, 1.165) is 0 Å². The Morgan fingerprint density at radius 1 is 1.59 bits per heavy atom. The number of amides is 1. The number of anilines is 1. The van der Waals surface area contributed by atoms with Crippen LogP contribution in [0.15, 0.2) is 18.3 Å². The van der Waals surface area contributed by atoms with Gasteiger partial charge in [-0.15, -0.1) is 5.10 Å². The van der Waals surface area contributed by atoms with E-state index in [4.69, 9.17) is 11.6 Å². The van der Waals surface area contributed by atoms with Crippen LogP contribution in [0.2, 0.25) is 5.02 Å². The van der Waals surface area contributed by atoms with Gasteiger partial charge in [0.2, 0.25) is 5.91 Å². The van der Waals surface area contributed by atoms with Crippen LogP contribution in [0, 0.1) is 0 Å². The van der Waals surface area contributed by atoms with Crippen LogP contribution in [0.1, 0.15) is 5.82 Å². The predicted octanol–water partition coefficient (Wildman–Crippen LogP) is 0.440. The highest BCUT2D eigenvalue weighted by Crippen LogP contribution is 2.11. The zero-order chi connectivity index (χ0) is 12.3. The number of aromatic nitrogens is 5. The topological polar surface area (TPSA) is 85.6 Å². The Bertz CT molecular complexity index is 540. The lowest BCUT2D eigenvalue weighted by Crippen LogP contribution is -2.17. The molecule has 1 amide bonds. The normalized spacial score (nSPS) is 10.2. The van der Waals surface area contributed by atoms with Crippen LogP contribution in [-0.2, 0) is 18.3 Å². The van der Waals surface area contributed by atoms with Gasteiger partial charge in [0.25, 0.3) is 0 Å². The third kappa shape index (κ3) is 2.97. The van der Waals surface area contributed by atoms with Gasteiger partial charge < -0.3 is 5.32 Å². The minimum absolute atomic E-state index is 0.0810. The van der Waals surface area contributed by atoms with Gasteiger partial charge in [0, 0.05) is 18.3 Å². The van der Waals surface area contributed by atoms with Crippen LogP contribution < -0.4 is 5.32 Å². The first-order valence-corrected chi connectivity index (χ1v) is 5.15. The van der Waals surface area contributed by atoms with E-state index in [1.54, 1.807) is 19.2 Å². The van der Waals surface area contributed by atoms with Crippen LogP contribution in [0.25, 0.3) is 0 Å². The van der Waals surface area contributed by atoms with Gasteiger partial charge in [-0.1, -0.05) is 11.6 Å². The number of carbonyl (C=O) groups is 1. The number of nitrogens with one attached hydrogen (secondary N) is 1. The van der Waals surface area contributed by atoms with Crippen molar-refractivity contribution in [3.63, 3.8) is 0 Å². The third-order valence-electron chi connectivity index (χ3n) is 2.02. The van der Waals surface area contributed by atoms with Gasteiger partial charge in [0.15, 0.2) is 5.82 Å². The second kappa shape index (κ2) is 4.88. The zero-order valence-corrected chi connectivity index (χ0v) is 9.72. The maximum absolute atomic E-state index is 11.6. The summed E-state index contributed by atoms with van der Waals surface area (Å²) in [4.78, 5) is 15.6. The van der Waals surface area contributed by atoms with E-state index < -0.39 is 0 Å². The standard InChI is InChI=1S/C9H9ClN6O/c1-16-8(13-14-15-16)5-9(17)12-7-4-6(10)2-3-11-7/h2-4H,5H2,1H3,(H,11,12,17). The number of rotatable bonds is 3. The fraction of sp³-hybridized carbons (Fsp3) is 0.222. The molecule has 0 spiro atoms. The number of carbonyl (C=O) groups excluding carboxylic acids is 1. The molecule has 88 valence electrons. The number of halogens is 1. The molecule has 0 radical (unpaired) electrons. The molecular formula is C9H9ClN6O. The summed E-state index contributed by atoms with van der Waals surface area (Å²) in [5.74, 6) is 0.625. The molecule has 17 heavy (non-hydrogen) atoms. The second-order valence-corrected chi connectivity index (χ2v) is 3.74. The van der Waals surface area contributed by atoms with Crippen molar-refractivity contribution in [2.24, 2.45) is 7.05 Å². The third-order valence-corrected chi connectivity index (χ3v) is 2.25. The zero-order valence-electron chi connectivity index (χ0n) is 8.96. The summed E-state index contributed by atoms with van der Waals surface area (Å²) in [5, 5.41) is 13.9. The average molecular weight is 253 g/mol. The number of hydrogen-bond acceptors (Lipinski definition) is 5. The fourth-order valence-electron chi connectivity index (χ4n) is 1.20. The van der Waals surface area contributed by atoms with Crippen LogP contribution in [0.4, 0.5) is 5.82 Å². The summed E-state index contributed by atoms with van der Waals surface area (Å²) in [7, 11) is 1.67. The molecule has 0 unspecified atom stereocenters. The van der Waals surface area contributed by atoms with E-state index in [-0.39, 0.29) is 12.3 Å². The maximum atomic E-state index is 11.6. The Kier molecular flexibility index (Phi) is 3.29. The van der Waals surface area contributed by atoms with Crippen molar-refractivity contribution in [3.05, 3.63) is 29.2 Å². The molecule has 0 aliphatic carbocycles. The van der Waals surface area contributed by atoms with Gasteiger partial charge in [-0.25, -0.2) is 9.67 Å². The largest absolute Gasteiger partial charge is 0.310 e. The summed E-state index contributed by atoms with van der Waals surface area (Å²) in [6, 6.07) is 3.19. The molecule has 0 saturated carbocycles. The van der Waals surface area contributed by atoms with E-state index >= 15 is 0 Å². The lowest BCUT2D eigenvalue weighted by Gasteiger charge is -2.03. The molecule has 7 nitrogen and oxygen atoms in total. The number of nitrogens with zero attached hydrogens (tertiary/aromatic N) is 5. The first kappa shape index (κ1) is 11.5. The van der Waals surface area contributed by atoms with Crippen molar-refractivity contribution in [3.8, 4) is 0 Å². The minimum atomic E-state index is -0.252. The van der Waals surface area contributed by atoms with Crippen LogP contribution >= 0.6 is 11.6 Å². The van der Waals surface area contributed by atoms with Crippen LogP contribution in [0.5, 0.6) is 0 Å². The van der Waals surface area contributed by atoms with E-state index in [1.807, 2.05) is 0 Å². The number of pyridine rings is 1. The van der Waals surface area contributed by atoms with Crippen molar-refractivity contribution < 1.29 is 4.79 Å². The van der Waals surface area contributed by atoms with Gasteiger partial charge in [-0.2, -0.15) is 0 Å². The molecule has 2 aromatic rings. The summed E-state index contributed by atoms with van der Waals surface area (Å²) in [6.45, 7) is 0. The lowest BCUT2D eigenvalue weighted by molar-refractivity contribution is -0.115. The van der Waals surface area contributed by atoms with Crippen molar-refractivity contribution in [2.45, 2.75) is 6.42 Å². The SMILES string of the molecule is Cn1nnnc1CC(=O)Nc1cc(Cl)ccn1. The molecule has 8 heteroatoms. The molecule has 2 aromatic heterocycles. The fourth-order valence-corrected chi connectivity index (χ4v) is 1.36. The lowest BCUT2D eigenvalue weighted by atomic mass is 10.3. The van der Waals surface area contributed by atoms with E-state index in [0.29, 0.717) is 16.7 Å². The first-order chi connectivity index (χ1) is 8.15. The number of tetrazole rings is 1. The highest BCUT2D eigenvalue weighted by atomic mass is 35.5. The van der Waals surface area contributed by atoms with Crippen LogP contribution in [-0.4, -0.2) is 31.1 Å². The Labute approximate surface area is 102 Å². The van der Waals surface area contributed by atoms with Crippen molar-refractivity contribution >= 4 is 23.3 Å². The van der Waals surface area contributed by atoms with Crippen molar-refractivity contribution in [1.82, 2.24) is 25.2 Å². The van der Waals surface area contributed by atoms with Crippen molar-refractivity contribution in [2.75, 3.05) is 5.32 Å². The second-order valence-electron chi connectivity index (χ2n) is 3.30. The van der Waals surface area contributed by atoms with E-state index in [1.165, 1.54) is 10.9 Å². The number of aryl methyl sites for hydroxylation is 1. The van der Waals surface area contributed by atoms with E-state index in [9.17, 15) is 4.79 Å². The molecule has 0 aliphatic heterocycles. The van der Waals surface area contributed by atoms with Crippen LogP contribution in [0.3, 0.4) is 0 Å². The molecule has 1 N–H and O–H groups in total. The Morgan fingerprint density at radius 2 is 2.41 bits per heavy atom. The summed E-state index contributed by atoms with van der Waals surface area (Å²) >= 11 is 5.77. The molecule has 2 rings (SSSR count). The van der Waals surface area contributed by atoms with Gasteiger partial charge >= 0.3 is 0 Å². The number of hydrogen-bond donors (Lipinski definition) is 1. The maximum Gasteiger partial charge on any atom is 0.233 e. The summed E-state index contributed by atoms with van der Waals surface area (Å²) < 4.78 is 1.44. The molecule has 0 saturated heterocycles. The monoisotopic (exact) mass is 252 g/mol. The molecule has 0 aliphatic rings. The summed E-state index contributed by atoms with van der Waals surface area (Å²) in [6.07, 6.45) is 1.60. The van der Waals surface area contributed by atoms with Gasteiger partial charge in [0.05, 0.1) is 6.42 Å². The van der Waals surface area contributed by atoms with E-state index in [2.05, 4.69) is 25.8 Å². The Morgan fingerprint density at radius 3 is 3.06 bits per heavy atom. The van der Waals surface area contributed by atoms with Gasteiger partial charge in [-0.3, -0.25) is 4.79 Å². The molecule has 0 atom stereocenters.